The first-order valence-corrected chi connectivity index (χ1v) is 15.1. The van der Waals surface area contributed by atoms with Crippen LogP contribution in [0.3, 0.4) is 0 Å². The number of nitrogens with zero attached hydrogens (tertiary/aromatic N) is 1. The summed E-state index contributed by atoms with van der Waals surface area (Å²) in [5.74, 6) is 1.35. The molecule has 4 aromatic rings. The lowest BCUT2D eigenvalue weighted by molar-refractivity contribution is 0.0792. The Bertz CT molecular complexity index is 1570. The van der Waals surface area contributed by atoms with Crippen molar-refractivity contribution in [3.8, 4) is 22.6 Å². The second-order valence-corrected chi connectivity index (χ2v) is 11.0. The van der Waals surface area contributed by atoms with E-state index in [1.807, 2.05) is 71.6 Å². The van der Waals surface area contributed by atoms with E-state index in [1.54, 1.807) is 32.4 Å². The Balaban J connectivity index is 1.18. The van der Waals surface area contributed by atoms with Gasteiger partial charge in [-0.1, -0.05) is 30.3 Å². The van der Waals surface area contributed by atoms with Crippen molar-refractivity contribution < 1.29 is 19.1 Å². The molecule has 1 fully saturated rings. The van der Waals surface area contributed by atoms with E-state index < -0.39 is 0 Å². The molecule has 222 valence electrons. The van der Waals surface area contributed by atoms with Gasteiger partial charge in [0.2, 0.25) is 0 Å². The highest BCUT2D eigenvalue weighted by Gasteiger charge is 2.20. The predicted molar refractivity (Wildman–Crippen MR) is 173 cm³/mol. The van der Waals surface area contributed by atoms with E-state index in [4.69, 9.17) is 9.47 Å². The summed E-state index contributed by atoms with van der Waals surface area (Å²) in [6.45, 7) is 2.70. The fourth-order valence-corrected chi connectivity index (χ4v) is 5.72. The van der Waals surface area contributed by atoms with Crippen molar-refractivity contribution in [3.05, 3.63) is 102 Å². The molecule has 9 heteroatoms. The number of rotatable bonds is 12. The average Bonchev–Trinajstić information content (AvgIpc) is 3.61. The zero-order chi connectivity index (χ0) is 30.0. The Morgan fingerprint density at radius 2 is 1.51 bits per heavy atom. The van der Waals surface area contributed by atoms with Crippen molar-refractivity contribution in [1.82, 2.24) is 10.2 Å². The minimum Gasteiger partial charge on any atom is -0.497 e. The Morgan fingerprint density at radius 1 is 0.767 bits per heavy atom. The van der Waals surface area contributed by atoms with Crippen LogP contribution in [-0.4, -0.2) is 57.1 Å². The first-order valence-electron chi connectivity index (χ1n) is 14.3. The van der Waals surface area contributed by atoms with Gasteiger partial charge in [-0.2, -0.15) is 0 Å². The second-order valence-electron chi connectivity index (χ2n) is 10.1. The monoisotopic (exact) mass is 596 g/mol. The molecule has 8 nitrogen and oxygen atoms in total. The van der Waals surface area contributed by atoms with E-state index in [0.29, 0.717) is 30.0 Å². The van der Waals surface area contributed by atoms with E-state index in [2.05, 4.69) is 21.4 Å². The molecule has 0 spiro atoms. The number of hydrogen-bond donors (Lipinski definition) is 3. The molecule has 5 rings (SSSR count). The number of methoxy groups -OCH3 is 2. The number of nitrogens with one attached hydrogen (secondary N) is 3. The van der Waals surface area contributed by atoms with E-state index in [9.17, 15) is 9.59 Å². The summed E-state index contributed by atoms with van der Waals surface area (Å²) >= 11 is 1.46. The van der Waals surface area contributed by atoms with Gasteiger partial charge in [-0.15, -0.1) is 0 Å². The van der Waals surface area contributed by atoms with Gasteiger partial charge in [-0.25, -0.2) is 0 Å². The number of hydrogen-bond acceptors (Lipinski definition) is 7. The van der Waals surface area contributed by atoms with Gasteiger partial charge in [0, 0.05) is 48.7 Å². The van der Waals surface area contributed by atoms with Crippen molar-refractivity contribution in [1.29, 1.82) is 0 Å². The van der Waals surface area contributed by atoms with Crippen LogP contribution < -0.4 is 24.8 Å². The lowest BCUT2D eigenvalue weighted by Gasteiger charge is -2.16. The zero-order valence-corrected chi connectivity index (χ0v) is 25.2. The van der Waals surface area contributed by atoms with Gasteiger partial charge in [-0.3, -0.25) is 9.59 Å². The van der Waals surface area contributed by atoms with Gasteiger partial charge in [0.05, 0.1) is 19.1 Å². The number of carbonyl (C=O) groups excluding carboxylic acids is 2. The highest BCUT2D eigenvalue weighted by atomic mass is 32.2. The lowest BCUT2D eigenvalue weighted by atomic mass is 10.0. The number of amides is 2. The van der Waals surface area contributed by atoms with Crippen LogP contribution in [0.15, 0.2) is 95.9 Å². The van der Waals surface area contributed by atoms with Crippen LogP contribution in [0.1, 0.15) is 33.6 Å². The normalized spacial score (nSPS) is 12.5. The van der Waals surface area contributed by atoms with Crippen molar-refractivity contribution in [2.75, 3.05) is 50.4 Å². The summed E-state index contributed by atoms with van der Waals surface area (Å²) in [6, 6.07) is 28.9. The van der Waals surface area contributed by atoms with Crippen molar-refractivity contribution in [3.63, 3.8) is 0 Å². The molecule has 3 N–H and O–H groups in total. The average molecular weight is 597 g/mol. The van der Waals surface area contributed by atoms with Gasteiger partial charge in [0.1, 0.15) is 11.5 Å². The molecule has 0 saturated carbocycles. The molecule has 0 unspecified atom stereocenters. The fraction of sp³-hybridized carbons (Fsp3) is 0.235. The molecule has 1 heterocycles. The summed E-state index contributed by atoms with van der Waals surface area (Å²) in [4.78, 5) is 28.2. The quantitative estimate of drug-likeness (QED) is 0.126. The molecule has 1 aliphatic heterocycles. The van der Waals surface area contributed by atoms with Crippen LogP contribution in [0.4, 0.5) is 11.4 Å². The van der Waals surface area contributed by atoms with E-state index >= 15 is 0 Å². The van der Waals surface area contributed by atoms with Gasteiger partial charge >= 0.3 is 0 Å². The van der Waals surface area contributed by atoms with Gasteiger partial charge in [-0.05, 0) is 96.6 Å². The second kappa shape index (κ2) is 14.5. The molecule has 0 radical (unpaired) electrons. The minimum absolute atomic E-state index is 0.0943. The third-order valence-electron chi connectivity index (χ3n) is 7.21. The fourth-order valence-electron chi connectivity index (χ4n) is 4.93. The summed E-state index contributed by atoms with van der Waals surface area (Å²) in [6.07, 6.45) is 2.14. The molecular formula is C34H36N4O4S. The molecule has 0 bridgehead atoms. The van der Waals surface area contributed by atoms with Gasteiger partial charge < -0.3 is 29.7 Å². The largest absolute Gasteiger partial charge is 0.497 e. The Morgan fingerprint density at radius 3 is 2.33 bits per heavy atom. The number of benzene rings is 4. The van der Waals surface area contributed by atoms with E-state index in [1.165, 1.54) is 11.9 Å². The number of anilines is 2. The third kappa shape index (κ3) is 7.81. The standard InChI is InChI=1S/C34H36N4O4S/c1-41-30-13-6-9-26(21-30)33(39)36-17-16-35-28-11-7-12-29(23-28)37-43-32-22-25(14-15-31(32)42-2)24-8-5-10-27(20-24)34(40)38-18-3-4-19-38/h5-15,20-23,35,37H,3-4,16-19H2,1-2H3,(H,36,39). The smallest absolute Gasteiger partial charge is 0.253 e. The summed E-state index contributed by atoms with van der Waals surface area (Å²) in [5, 5.41) is 6.28. The van der Waals surface area contributed by atoms with Crippen molar-refractivity contribution >= 4 is 35.1 Å². The third-order valence-corrected chi connectivity index (χ3v) is 8.09. The number of likely N-dealkylation sites (tertiary alicyclic amines) is 1. The summed E-state index contributed by atoms with van der Waals surface area (Å²) < 4.78 is 14.2. The Labute approximate surface area is 256 Å². The maximum Gasteiger partial charge on any atom is 0.253 e. The van der Waals surface area contributed by atoms with Crippen LogP contribution in [-0.2, 0) is 0 Å². The van der Waals surface area contributed by atoms with Crippen LogP contribution >= 0.6 is 11.9 Å². The lowest BCUT2D eigenvalue weighted by Crippen LogP contribution is -2.28. The predicted octanol–water partition coefficient (Wildman–Crippen LogP) is 6.57. The maximum absolute atomic E-state index is 12.9. The molecular weight excluding hydrogens is 560 g/mol. The first-order chi connectivity index (χ1) is 21.0. The SMILES string of the molecule is COc1cccc(C(=O)NCCNc2cccc(NSc3cc(-c4cccc(C(=O)N5CCCC5)c4)ccc3OC)c2)c1. The molecule has 2 amide bonds. The van der Waals surface area contributed by atoms with E-state index in [-0.39, 0.29) is 11.8 Å². The van der Waals surface area contributed by atoms with E-state index in [0.717, 1.165) is 59.1 Å². The van der Waals surface area contributed by atoms with Crippen LogP contribution in [0, 0.1) is 0 Å². The van der Waals surface area contributed by atoms with Crippen molar-refractivity contribution in [2.24, 2.45) is 0 Å². The minimum atomic E-state index is -0.145. The van der Waals surface area contributed by atoms with Crippen LogP contribution in [0.5, 0.6) is 11.5 Å². The maximum atomic E-state index is 12.9. The number of ether oxygens (including phenoxy) is 2. The Kier molecular flexibility index (Phi) is 10.1. The van der Waals surface area contributed by atoms with Gasteiger partial charge in [0.15, 0.2) is 0 Å². The zero-order valence-electron chi connectivity index (χ0n) is 24.4. The first kappa shape index (κ1) is 29.8. The van der Waals surface area contributed by atoms with Gasteiger partial charge in [0.25, 0.3) is 11.8 Å². The molecule has 1 saturated heterocycles. The highest BCUT2D eigenvalue weighted by molar-refractivity contribution is 8.00. The Hall–Kier alpha value is -4.63. The molecule has 0 aliphatic carbocycles. The van der Waals surface area contributed by atoms with Crippen LogP contribution in [0.25, 0.3) is 11.1 Å². The topological polar surface area (TPSA) is 91.9 Å². The molecule has 1 aliphatic rings. The summed E-state index contributed by atoms with van der Waals surface area (Å²) in [5.41, 5.74) is 5.12. The van der Waals surface area contributed by atoms with Crippen molar-refractivity contribution in [2.45, 2.75) is 17.7 Å². The molecule has 0 atom stereocenters. The van der Waals surface area contributed by atoms with Crippen LogP contribution in [0.2, 0.25) is 0 Å². The highest BCUT2D eigenvalue weighted by Crippen LogP contribution is 2.35. The molecule has 0 aromatic heterocycles. The molecule has 43 heavy (non-hydrogen) atoms. The molecule has 4 aromatic carbocycles. The number of carbonyl (C=O) groups is 2. The summed E-state index contributed by atoms with van der Waals surface area (Å²) in [7, 11) is 3.24.